The molecule has 0 radical (unpaired) electrons. The van der Waals surface area contributed by atoms with Crippen LogP contribution < -0.4 is 0 Å². The average Bonchev–Trinajstić information content (AvgIpc) is 2.19. The molecule has 1 unspecified atom stereocenters. The molecule has 1 aromatic carbocycles. The summed E-state index contributed by atoms with van der Waals surface area (Å²) < 4.78 is 74.9. The van der Waals surface area contributed by atoms with Gasteiger partial charge in [-0.25, -0.2) is 13.2 Å². The van der Waals surface area contributed by atoms with Crippen LogP contribution in [-0.2, 0) is 5.67 Å². The van der Waals surface area contributed by atoms with Crippen LogP contribution in [0.2, 0.25) is 0 Å². The van der Waals surface area contributed by atoms with Crippen LogP contribution >= 0.6 is 0 Å². The molecule has 1 atom stereocenters. The third-order valence-corrected chi connectivity index (χ3v) is 2.12. The van der Waals surface area contributed by atoms with Gasteiger partial charge in [-0.05, 0) is 6.07 Å². The van der Waals surface area contributed by atoms with Crippen molar-refractivity contribution in [2.24, 2.45) is 0 Å². The molecule has 17 heavy (non-hydrogen) atoms. The summed E-state index contributed by atoms with van der Waals surface area (Å²) in [5, 5.41) is 17.9. The molecular formula is C9H6F6O2. The first-order valence-corrected chi connectivity index (χ1v) is 4.17. The molecule has 96 valence electrons. The van der Waals surface area contributed by atoms with Crippen molar-refractivity contribution >= 4 is 0 Å². The lowest BCUT2D eigenvalue weighted by atomic mass is 9.94. The highest BCUT2D eigenvalue weighted by atomic mass is 19.4. The van der Waals surface area contributed by atoms with E-state index in [1.807, 2.05) is 0 Å². The van der Waals surface area contributed by atoms with E-state index in [0.717, 1.165) is 6.07 Å². The Hall–Kier alpha value is -1.60. The lowest BCUT2D eigenvalue weighted by Crippen LogP contribution is -2.44. The number of aromatic hydroxyl groups is 2. The fraction of sp³-hybridized carbons (Fsp3) is 0.333. The first kappa shape index (κ1) is 13.5. The zero-order valence-corrected chi connectivity index (χ0v) is 7.97. The maximum atomic E-state index is 13.4. The standard InChI is InChI=1S/C9H6F6O2/c10-7(11)8(12,9(13,14)15)4-2-1-3-5(16)6(4)17/h1-3,7,16-17H. The second-order valence-corrected chi connectivity index (χ2v) is 3.18. The minimum absolute atomic E-state index is 0.328. The molecule has 8 heteroatoms. The van der Waals surface area contributed by atoms with Crippen molar-refractivity contribution in [2.45, 2.75) is 18.3 Å². The lowest BCUT2D eigenvalue weighted by Gasteiger charge is -2.27. The third-order valence-electron chi connectivity index (χ3n) is 2.12. The van der Waals surface area contributed by atoms with Crippen LogP contribution in [0.5, 0.6) is 11.5 Å². The van der Waals surface area contributed by atoms with Crippen LogP contribution in [0, 0.1) is 0 Å². The SMILES string of the molecule is Oc1cccc(C(F)(C(F)F)C(F)(F)F)c1O. The van der Waals surface area contributed by atoms with Gasteiger partial charge in [0.25, 0.3) is 12.1 Å². The molecule has 0 saturated heterocycles. The smallest absolute Gasteiger partial charge is 0.432 e. The predicted molar refractivity (Wildman–Crippen MR) is 44.6 cm³/mol. The Morgan fingerprint density at radius 1 is 1.00 bits per heavy atom. The first-order valence-electron chi connectivity index (χ1n) is 4.17. The van der Waals surface area contributed by atoms with E-state index < -0.39 is 35.3 Å². The van der Waals surface area contributed by atoms with Gasteiger partial charge < -0.3 is 10.2 Å². The molecule has 0 heterocycles. The highest BCUT2D eigenvalue weighted by molar-refractivity contribution is 5.48. The normalized spacial score (nSPS) is 15.9. The van der Waals surface area contributed by atoms with Crippen LogP contribution in [0.15, 0.2) is 18.2 Å². The number of phenols is 2. The van der Waals surface area contributed by atoms with Gasteiger partial charge in [-0.1, -0.05) is 12.1 Å². The number of phenolic OH excluding ortho intramolecular Hbond substituents is 2. The van der Waals surface area contributed by atoms with E-state index in [9.17, 15) is 26.3 Å². The first-order chi connectivity index (χ1) is 7.62. The highest BCUT2D eigenvalue weighted by Crippen LogP contribution is 2.51. The number of halogens is 6. The van der Waals surface area contributed by atoms with Crippen molar-refractivity contribution in [3.8, 4) is 11.5 Å². The van der Waals surface area contributed by atoms with Crippen molar-refractivity contribution in [3.05, 3.63) is 23.8 Å². The summed E-state index contributed by atoms with van der Waals surface area (Å²) in [4.78, 5) is 0. The minimum atomic E-state index is -5.92. The molecule has 2 N–H and O–H groups in total. The van der Waals surface area contributed by atoms with E-state index in [1.165, 1.54) is 0 Å². The van der Waals surface area contributed by atoms with Gasteiger partial charge in [-0.3, -0.25) is 0 Å². The van der Waals surface area contributed by atoms with Crippen molar-refractivity contribution < 1.29 is 36.6 Å². The molecular weight excluding hydrogens is 254 g/mol. The number of para-hydroxylation sites is 1. The summed E-state index contributed by atoms with van der Waals surface area (Å²) in [5.74, 6) is -2.68. The molecule has 0 aliphatic carbocycles. The van der Waals surface area contributed by atoms with Crippen molar-refractivity contribution in [2.75, 3.05) is 0 Å². The van der Waals surface area contributed by atoms with E-state index >= 15 is 0 Å². The summed E-state index contributed by atoms with van der Waals surface area (Å²) >= 11 is 0. The third kappa shape index (κ3) is 1.98. The largest absolute Gasteiger partial charge is 0.504 e. The zero-order chi connectivity index (χ0) is 13.4. The summed E-state index contributed by atoms with van der Waals surface area (Å²) in [6.07, 6.45) is -10.4. The van der Waals surface area contributed by atoms with E-state index in [1.54, 1.807) is 0 Å². The average molecular weight is 260 g/mol. The maximum Gasteiger partial charge on any atom is 0.432 e. The molecule has 2 nitrogen and oxygen atoms in total. The predicted octanol–water partition coefficient (Wildman–Crippen LogP) is 3.09. The number of hydrogen-bond donors (Lipinski definition) is 2. The van der Waals surface area contributed by atoms with E-state index in [-0.39, 0.29) is 0 Å². The van der Waals surface area contributed by atoms with Crippen LogP contribution in [0.1, 0.15) is 5.56 Å². The summed E-state index contributed by atoms with van der Waals surface area (Å²) in [5.41, 5.74) is -6.75. The zero-order valence-electron chi connectivity index (χ0n) is 7.97. The number of hydrogen-bond acceptors (Lipinski definition) is 2. The number of alkyl halides is 6. The van der Waals surface area contributed by atoms with Gasteiger partial charge in [0, 0.05) is 5.56 Å². The molecule has 0 fully saturated rings. The number of benzene rings is 1. The van der Waals surface area contributed by atoms with Crippen LogP contribution in [0.25, 0.3) is 0 Å². The summed E-state index contributed by atoms with van der Waals surface area (Å²) in [6, 6.07) is 1.78. The lowest BCUT2D eigenvalue weighted by molar-refractivity contribution is -0.274. The molecule has 1 rings (SSSR count). The van der Waals surface area contributed by atoms with E-state index in [0.29, 0.717) is 12.1 Å². The number of rotatable bonds is 2. The van der Waals surface area contributed by atoms with Gasteiger partial charge in [-0.2, -0.15) is 13.2 Å². The molecule has 0 saturated carbocycles. The minimum Gasteiger partial charge on any atom is -0.504 e. The Balaban J connectivity index is 3.50. The van der Waals surface area contributed by atoms with Crippen LogP contribution in [0.4, 0.5) is 26.3 Å². The topological polar surface area (TPSA) is 40.5 Å². The quantitative estimate of drug-likeness (QED) is 0.633. The Morgan fingerprint density at radius 3 is 1.94 bits per heavy atom. The van der Waals surface area contributed by atoms with Gasteiger partial charge in [0.05, 0.1) is 0 Å². The fourth-order valence-corrected chi connectivity index (χ4v) is 1.22. The van der Waals surface area contributed by atoms with Crippen molar-refractivity contribution in [1.82, 2.24) is 0 Å². The Kier molecular flexibility index (Phi) is 3.17. The van der Waals surface area contributed by atoms with Crippen LogP contribution in [0.3, 0.4) is 0 Å². The highest BCUT2D eigenvalue weighted by Gasteiger charge is 2.65. The second-order valence-electron chi connectivity index (χ2n) is 3.18. The van der Waals surface area contributed by atoms with Gasteiger partial charge in [-0.15, -0.1) is 0 Å². The van der Waals surface area contributed by atoms with E-state index in [4.69, 9.17) is 10.2 Å². The molecule has 0 spiro atoms. The molecule has 1 aromatic rings. The molecule has 0 aromatic heterocycles. The molecule has 0 aliphatic heterocycles. The monoisotopic (exact) mass is 260 g/mol. The maximum absolute atomic E-state index is 13.4. The van der Waals surface area contributed by atoms with Gasteiger partial charge in [0.1, 0.15) is 0 Å². The Bertz CT molecular complexity index is 416. The second kappa shape index (κ2) is 4.01. The van der Waals surface area contributed by atoms with Crippen molar-refractivity contribution in [3.63, 3.8) is 0 Å². The van der Waals surface area contributed by atoms with Crippen LogP contribution in [-0.4, -0.2) is 22.8 Å². The van der Waals surface area contributed by atoms with Crippen molar-refractivity contribution in [1.29, 1.82) is 0 Å². The van der Waals surface area contributed by atoms with Gasteiger partial charge in [0.2, 0.25) is 0 Å². The fourth-order valence-electron chi connectivity index (χ4n) is 1.22. The molecule has 0 aliphatic rings. The Morgan fingerprint density at radius 2 is 1.53 bits per heavy atom. The van der Waals surface area contributed by atoms with Gasteiger partial charge in [0.15, 0.2) is 11.5 Å². The molecule has 0 amide bonds. The summed E-state index contributed by atoms with van der Waals surface area (Å²) in [7, 11) is 0. The Labute approximate surface area is 91.1 Å². The molecule has 0 bridgehead atoms. The van der Waals surface area contributed by atoms with E-state index in [2.05, 4.69) is 0 Å². The van der Waals surface area contributed by atoms with Gasteiger partial charge >= 0.3 is 6.18 Å². The summed E-state index contributed by atoms with van der Waals surface area (Å²) in [6.45, 7) is 0.